The molecule has 0 saturated carbocycles. The third-order valence-electron chi connectivity index (χ3n) is 3.14. The standard InChI is InChI=1S/C13H15ClN4O2/c1-8(13(19)20)5-6-18-12(15-16-17-18)10-3-4-11(14)9(2)7-10/h3-4,7-8H,5-6H2,1-2H3,(H,19,20). The molecule has 0 bridgehead atoms. The highest BCUT2D eigenvalue weighted by atomic mass is 35.5. The molecule has 1 unspecified atom stereocenters. The highest BCUT2D eigenvalue weighted by molar-refractivity contribution is 6.31. The predicted octanol–water partition coefficient (Wildman–Crippen LogP) is 2.41. The number of carbonyl (C=O) groups is 1. The van der Waals surface area contributed by atoms with Crippen molar-refractivity contribution in [2.75, 3.05) is 0 Å². The van der Waals surface area contributed by atoms with Gasteiger partial charge in [0, 0.05) is 17.1 Å². The molecule has 0 saturated heterocycles. The van der Waals surface area contributed by atoms with Crippen molar-refractivity contribution in [3.05, 3.63) is 28.8 Å². The first-order chi connectivity index (χ1) is 9.49. The maximum absolute atomic E-state index is 10.8. The summed E-state index contributed by atoms with van der Waals surface area (Å²) in [4.78, 5) is 10.8. The maximum Gasteiger partial charge on any atom is 0.306 e. The van der Waals surface area contributed by atoms with E-state index in [4.69, 9.17) is 16.7 Å². The minimum absolute atomic E-state index is 0.431. The van der Waals surface area contributed by atoms with Gasteiger partial charge in [0.25, 0.3) is 0 Å². The van der Waals surface area contributed by atoms with Crippen LogP contribution in [0.3, 0.4) is 0 Å². The number of halogens is 1. The minimum Gasteiger partial charge on any atom is -0.481 e. The Bertz CT molecular complexity index is 627. The largest absolute Gasteiger partial charge is 0.481 e. The smallest absolute Gasteiger partial charge is 0.306 e. The van der Waals surface area contributed by atoms with Crippen molar-refractivity contribution >= 4 is 17.6 Å². The van der Waals surface area contributed by atoms with Gasteiger partial charge in [-0.05, 0) is 47.5 Å². The number of aliphatic carboxylic acids is 1. The molecule has 1 aromatic carbocycles. The van der Waals surface area contributed by atoms with E-state index in [0.29, 0.717) is 23.8 Å². The highest BCUT2D eigenvalue weighted by Crippen LogP contribution is 2.23. The van der Waals surface area contributed by atoms with E-state index in [1.54, 1.807) is 17.7 Å². The molecule has 2 rings (SSSR count). The van der Waals surface area contributed by atoms with Crippen LogP contribution in [-0.2, 0) is 11.3 Å². The van der Waals surface area contributed by atoms with Crippen LogP contribution in [-0.4, -0.2) is 31.3 Å². The van der Waals surface area contributed by atoms with Gasteiger partial charge in [-0.15, -0.1) is 5.10 Å². The van der Waals surface area contributed by atoms with Crippen molar-refractivity contribution in [3.8, 4) is 11.4 Å². The molecule has 0 aliphatic rings. The Morgan fingerprint density at radius 1 is 1.50 bits per heavy atom. The zero-order chi connectivity index (χ0) is 14.7. The maximum atomic E-state index is 10.8. The van der Waals surface area contributed by atoms with Gasteiger partial charge in [-0.3, -0.25) is 4.79 Å². The molecule has 1 heterocycles. The summed E-state index contributed by atoms with van der Waals surface area (Å²) in [6, 6.07) is 5.55. The van der Waals surface area contributed by atoms with Crippen molar-refractivity contribution in [2.45, 2.75) is 26.8 Å². The normalized spacial score (nSPS) is 12.3. The van der Waals surface area contributed by atoms with Crippen LogP contribution in [0.25, 0.3) is 11.4 Å². The van der Waals surface area contributed by atoms with E-state index >= 15 is 0 Å². The Morgan fingerprint density at radius 3 is 2.90 bits per heavy atom. The summed E-state index contributed by atoms with van der Waals surface area (Å²) in [5.74, 6) is -0.636. The number of benzene rings is 1. The van der Waals surface area contributed by atoms with Gasteiger partial charge >= 0.3 is 5.97 Å². The van der Waals surface area contributed by atoms with Gasteiger partial charge in [0.05, 0.1) is 5.92 Å². The van der Waals surface area contributed by atoms with Crippen molar-refractivity contribution in [1.29, 1.82) is 0 Å². The summed E-state index contributed by atoms with van der Waals surface area (Å²) < 4.78 is 1.61. The van der Waals surface area contributed by atoms with Crippen LogP contribution in [0.5, 0.6) is 0 Å². The molecule has 1 atom stereocenters. The number of nitrogens with zero attached hydrogens (tertiary/aromatic N) is 4. The number of tetrazole rings is 1. The first kappa shape index (κ1) is 14.5. The molecule has 0 aliphatic carbocycles. The lowest BCUT2D eigenvalue weighted by atomic mass is 10.1. The molecule has 0 radical (unpaired) electrons. The molecule has 0 fully saturated rings. The zero-order valence-corrected chi connectivity index (χ0v) is 12.0. The molecular weight excluding hydrogens is 280 g/mol. The van der Waals surface area contributed by atoms with Gasteiger partial charge < -0.3 is 5.11 Å². The van der Waals surface area contributed by atoms with Crippen LogP contribution < -0.4 is 0 Å². The number of aryl methyl sites for hydroxylation is 2. The number of hydrogen-bond donors (Lipinski definition) is 1. The van der Waals surface area contributed by atoms with Gasteiger partial charge in [0.2, 0.25) is 0 Å². The Balaban J connectivity index is 2.19. The Hall–Kier alpha value is -1.95. The van der Waals surface area contributed by atoms with E-state index in [-0.39, 0.29) is 0 Å². The lowest BCUT2D eigenvalue weighted by molar-refractivity contribution is -0.141. The van der Waals surface area contributed by atoms with Gasteiger partial charge in [-0.2, -0.15) is 0 Å². The SMILES string of the molecule is Cc1cc(-c2nnnn2CCC(C)C(=O)O)ccc1Cl. The summed E-state index contributed by atoms with van der Waals surface area (Å²) in [7, 11) is 0. The predicted molar refractivity (Wildman–Crippen MR) is 74.4 cm³/mol. The van der Waals surface area contributed by atoms with Crippen molar-refractivity contribution in [3.63, 3.8) is 0 Å². The van der Waals surface area contributed by atoms with Crippen molar-refractivity contribution in [2.24, 2.45) is 5.92 Å². The molecule has 2 aromatic rings. The van der Waals surface area contributed by atoms with Crippen LogP contribution in [0.15, 0.2) is 18.2 Å². The Morgan fingerprint density at radius 2 is 2.25 bits per heavy atom. The molecule has 20 heavy (non-hydrogen) atoms. The average Bonchev–Trinajstić information content (AvgIpc) is 2.87. The van der Waals surface area contributed by atoms with Crippen LogP contribution in [0.2, 0.25) is 5.02 Å². The minimum atomic E-state index is -0.818. The van der Waals surface area contributed by atoms with E-state index in [2.05, 4.69) is 15.5 Å². The summed E-state index contributed by atoms with van der Waals surface area (Å²) in [6.45, 7) is 4.03. The summed E-state index contributed by atoms with van der Waals surface area (Å²) in [6.07, 6.45) is 0.472. The molecule has 0 aliphatic heterocycles. The second-order valence-electron chi connectivity index (χ2n) is 4.72. The molecular formula is C13H15ClN4O2. The molecule has 1 aromatic heterocycles. The molecule has 106 valence electrons. The first-order valence-corrected chi connectivity index (χ1v) is 6.62. The van der Waals surface area contributed by atoms with Crippen LogP contribution in [0.1, 0.15) is 18.9 Å². The molecule has 1 N–H and O–H groups in total. The van der Waals surface area contributed by atoms with E-state index in [0.717, 1.165) is 11.1 Å². The molecule has 7 heteroatoms. The fraction of sp³-hybridized carbons (Fsp3) is 0.385. The Kier molecular flexibility index (Phi) is 4.34. The first-order valence-electron chi connectivity index (χ1n) is 6.24. The Labute approximate surface area is 121 Å². The van der Waals surface area contributed by atoms with E-state index in [1.807, 2.05) is 19.1 Å². The van der Waals surface area contributed by atoms with Gasteiger partial charge in [-0.1, -0.05) is 18.5 Å². The van der Waals surface area contributed by atoms with E-state index in [9.17, 15) is 4.79 Å². The van der Waals surface area contributed by atoms with Gasteiger partial charge in [0.1, 0.15) is 0 Å². The van der Waals surface area contributed by atoms with Crippen LogP contribution >= 0.6 is 11.6 Å². The number of carboxylic acids is 1. The van der Waals surface area contributed by atoms with Gasteiger partial charge in [0.15, 0.2) is 5.82 Å². The zero-order valence-electron chi connectivity index (χ0n) is 11.2. The summed E-state index contributed by atoms with van der Waals surface area (Å²) in [5, 5.41) is 21.1. The van der Waals surface area contributed by atoms with Gasteiger partial charge in [-0.25, -0.2) is 4.68 Å². The highest BCUT2D eigenvalue weighted by Gasteiger charge is 2.14. The molecule has 0 amide bonds. The average molecular weight is 295 g/mol. The lowest BCUT2D eigenvalue weighted by Gasteiger charge is -2.08. The number of rotatable bonds is 5. The van der Waals surface area contributed by atoms with E-state index < -0.39 is 11.9 Å². The van der Waals surface area contributed by atoms with Crippen LogP contribution in [0.4, 0.5) is 0 Å². The second kappa shape index (κ2) is 6.00. The third-order valence-corrected chi connectivity index (χ3v) is 3.57. The van der Waals surface area contributed by atoms with Crippen molar-refractivity contribution < 1.29 is 9.90 Å². The summed E-state index contributed by atoms with van der Waals surface area (Å²) in [5.41, 5.74) is 1.80. The van der Waals surface area contributed by atoms with Crippen LogP contribution in [0, 0.1) is 12.8 Å². The van der Waals surface area contributed by atoms with E-state index in [1.165, 1.54) is 0 Å². The number of aromatic nitrogens is 4. The lowest BCUT2D eigenvalue weighted by Crippen LogP contribution is -2.14. The molecule has 0 spiro atoms. The number of carboxylic acid groups (broad SMARTS) is 1. The third kappa shape index (κ3) is 3.14. The number of hydrogen-bond acceptors (Lipinski definition) is 4. The topological polar surface area (TPSA) is 80.9 Å². The monoisotopic (exact) mass is 294 g/mol. The van der Waals surface area contributed by atoms with Crippen molar-refractivity contribution in [1.82, 2.24) is 20.2 Å². The summed E-state index contributed by atoms with van der Waals surface area (Å²) >= 11 is 6.00. The quantitative estimate of drug-likeness (QED) is 0.916. The fourth-order valence-electron chi connectivity index (χ4n) is 1.79. The second-order valence-corrected chi connectivity index (χ2v) is 5.12. The molecule has 6 nitrogen and oxygen atoms in total. The fourth-order valence-corrected chi connectivity index (χ4v) is 1.90.